The molecule has 6 nitrogen and oxygen atoms in total. The zero-order valence-corrected chi connectivity index (χ0v) is 16.0. The molecule has 0 aliphatic heterocycles. The molecule has 0 amide bonds. The first-order valence-corrected chi connectivity index (χ1v) is 10.2. The molecule has 0 radical (unpaired) electrons. The van der Waals surface area contributed by atoms with Gasteiger partial charge in [0.05, 0.1) is 6.23 Å². The Bertz CT molecular complexity index is 272. The predicted octanol–water partition coefficient (Wildman–Crippen LogP) is 4.34. The summed E-state index contributed by atoms with van der Waals surface area (Å²) in [4.78, 5) is 0. The summed E-state index contributed by atoms with van der Waals surface area (Å²) in [6, 6.07) is 0. The molecule has 0 aliphatic carbocycles. The number of rotatable bonds is 11. The molecule has 0 spiro atoms. The number of hydrogen-bond acceptors (Lipinski definition) is 4. The Hall–Kier alpha value is -0.210. The van der Waals surface area contributed by atoms with Crippen LogP contribution in [-0.4, -0.2) is 28.9 Å². The first-order chi connectivity index (χ1) is 10.6. The van der Waals surface area contributed by atoms with Crippen molar-refractivity contribution in [3.8, 4) is 0 Å². The van der Waals surface area contributed by atoms with Crippen molar-refractivity contribution in [2.45, 2.75) is 104 Å². The van der Waals surface area contributed by atoms with Crippen molar-refractivity contribution in [3.05, 3.63) is 0 Å². The van der Waals surface area contributed by atoms with Crippen LogP contribution in [0.5, 0.6) is 0 Å². The van der Waals surface area contributed by atoms with Gasteiger partial charge in [-0.3, -0.25) is 9.11 Å². The van der Waals surface area contributed by atoms with E-state index in [1.807, 2.05) is 0 Å². The van der Waals surface area contributed by atoms with Crippen LogP contribution in [0.2, 0.25) is 0 Å². The highest BCUT2D eigenvalue weighted by molar-refractivity contribution is 7.79. The maximum atomic E-state index is 8.74. The second kappa shape index (κ2) is 21.8. The second-order valence-electron chi connectivity index (χ2n) is 5.72. The molecule has 0 aliphatic rings. The summed E-state index contributed by atoms with van der Waals surface area (Å²) in [5, 5.41) is 7.83. The number of hydrogen-bond donors (Lipinski definition) is 4. The summed E-state index contributed by atoms with van der Waals surface area (Å²) < 4.78 is 31.6. The van der Waals surface area contributed by atoms with Crippen LogP contribution in [0.15, 0.2) is 0 Å². The van der Waals surface area contributed by atoms with Crippen LogP contribution in [0.25, 0.3) is 0 Å². The quantitative estimate of drug-likeness (QED) is 0.248. The van der Waals surface area contributed by atoms with E-state index in [2.05, 4.69) is 19.6 Å². The minimum Gasteiger partial charge on any atom is -0.379 e. The summed E-state index contributed by atoms with van der Waals surface area (Å²) in [6.07, 6.45) is 16.8. The molecule has 0 aromatic carbocycles. The molecular weight excluding hydrogens is 318 g/mol. The van der Waals surface area contributed by atoms with E-state index in [9.17, 15) is 0 Å². The van der Waals surface area contributed by atoms with Crippen LogP contribution in [0.4, 0.5) is 0 Å². The van der Waals surface area contributed by atoms with Crippen molar-refractivity contribution in [3.63, 3.8) is 0 Å². The molecule has 0 saturated heterocycles. The van der Waals surface area contributed by atoms with E-state index in [1.165, 1.54) is 84.0 Å². The highest BCUT2D eigenvalue weighted by atomic mass is 32.3. The van der Waals surface area contributed by atoms with E-state index < -0.39 is 16.6 Å². The molecule has 23 heavy (non-hydrogen) atoms. The van der Waals surface area contributed by atoms with Gasteiger partial charge in [-0.05, 0) is 6.92 Å². The van der Waals surface area contributed by atoms with Crippen molar-refractivity contribution in [2.24, 2.45) is 5.73 Å². The van der Waals surface area contributed by atoms with Crippen LogP contribution < -0.4 is 5.73 Å². The SMILES string of the molecule is CC(N)O.CCCCCCCCCCCCCC.O=S(=O)(O)O. The van der Waals surface area contributed by atoms with Gasteiger partial charge in [-0.15, -0.1) is 0 Å². The highest BCUT2D eigenvalue weighted by Gasteiger charge is 1.91. The van der Waals surface area contributed by atoms with E-state index >= 15 is 0 Å². The van der Waals surface area contributed by atoms with Gasteiger partial charge in [0.25, 0.3) is 0 Å². The molecule has 5 N–H and O–H groups in total. The van der Waals surface area contributed by atoms with Gasteiger partial charge in [-0.2, -0.15) is 8.42 Å². The molecule has 0 rings (SSSR count). The van der Waals surface area contributed by atoms with Gasteiger partial charge in [0.15, 0.2) is 0 Å². The zero-order chi connectivity index (χ0) is 18.6. The van der Waals surface area contributed by atoms with Crippen molar-refractivity contribution in [1.29, 1.82) is 0 Å². The van der Waals surface area contributed by atoms with Gasteiger partial charge in [0.2, 0.25) is 0 Å². The molecule has 0 aromatic rings. The van der Waals surface area contributed by atoms with E-state index in [0.717, 1.165) is 0 Å². The molecule has 1 atom stereocenters. The standard InChI is InChI=1S/C14H30.C2H7NO.H2O4S/c1-3-5-7-9-11-13-14-12-10-8-6-4-2;1-2(3)4;1-5(2,3)4/h3-14H2,1-2H3;2,4H,3H2,1H3;(H2,1,2,3,4). The van der Waals surface area contributed by atoms with Crippen LogP contribution in [-0.2, 0) is 10.4 Å². The Labute approximate surface area is 143 Å². The average molecular weight is 358 g/mol. The normalized spacial score (nSPS) is 11.8. The molecule has 0 aromatic heterocycles. The fourth-order valence-electron chi connectivity index (χ4n) is 1.91. The average Bonchev–Trinajstić information content (AvgIpc) is 2.38. The first kappa shape index (κ1) is 27.6. The third-order valence-electron chi connectivity index (χ3n) is 2.96. The van der Waals surface area contributed by atoms with E-state index in [0.29, 0.717) is 0 Å². The molecule has 1 unspecified atom stereocenters. The summed E-state index contributed by atoms with van der Waals surface area (Å²) in [6.45, 7) is 6.07. The lowest BCUT2D eigenvalue weighted by molar-refractivity contribution is 0.203. The zero-order valence-electron chi connectivity index (χ0n) is 15.2. The lowest BCUT2D eigenvalue weighted by atomic mass is 10.1. The monoisotopic (exact) mass is 357 g/mol. The Morgan fingerprint density at radius 3 is 1.00 bits per heavy atom. The summed E-state index contributed by atoms with van der Waals surface area (Å²) in [5.41, 5.74) is 4.67. The largest absolute Gasteiger partial charge is 0.394 e. The molecule has 0 heterocycles. The number of nitrogens with two attached hydrogens (primary N) is 1. The molecule has 144 valence electrons. The Morgan fingerprint density at radius 1 is 0.739 bits per heavy atom. The van der Waals surface area contributed by atoms with Gasteiger partial charge in [-0.1, -0.05) is 90.9 Å². The molecular formula is C16H39NO5S. The van der Waals surface area contributed by atoms with Gasteiger partial charge in [0.1, 0.15) is 0 Å². The van der Waals surface area contributed by atoms with Crippen LogP contribution >= 0.6 is 0 Å². The van der Waals surface area contributed by atoms with Crippen LogP contribution in [0, 0.1) is 0 Å². The van der Waals surface area contributed by atoms with E-state index in [1.54, 1.807) is 0 Å². The van der Waals surface area contributed by atoms with E-state index in [-0.39, 0.29) is 0 Å². The number of aliphatic hydroxyl groups excluding tert-OH is 1. The van der Waals surface area contributed by atoms with Gasteiger partial charge in [-0.25, -0.2) is 0 Å². The fourth-order valence-corrected chi connectivity index (χ4v) is 1.91. The second-order valence-corrected chi connectivity index (χ2v) is 6.62. The van der Waals surface area contributed by atoms with Crippen molar-refractivity contribution >= 4 is 10.4 Å². The molecule has 0 bridgehead atoms. The van der Waals surface area contributed by atoms with Gasteiger partial charge >= 0.3 is 10.4 Å². The smallest absolute Gasteiger partial charge is 0.379 e. The highest BCUT2D eigenvalue weighted by Crippen LogP contribution is 2.11. The van der Waals surface area contributed by atoms with Gasteiger partial charge in [0, 0.05) is 0 Å². The molecule has 0 saturated carbocycles. The lowest BCUT2D eigenvalue weighted by Crippen LogP contribution is -2.11. The van der Waals surface area contributed by atoms with E-state index in [4.69, 9.17) is 22.6 Å². The Balaban J connectivity index is -0.000000365. The Kier molecular flexibility index (Phi) is 26.2. The van der Waals surface area contributed by atoms with Gasteiger partial charge < -0.3 is 10.8 Å². The third kappa shape index (κ3) is 73.3. The fraction of sp³-hybridized carbons (Fsp3) is 1.00. The predicted molar refractivity (Wildman–Crippen MR) is 96.8 cm³/mol. The minimum atomic E-state index is -4.67. The topological polar surface area (TPSA) is 121 Å². The first-order valence-electron chi connectivity index (χ1n) is 8.78. The summed E-state index contributed by atoms with van der Waals surface area (Å²) in [5.74, 6) is 0. The van der Waals surface area contributed by atoms with Crippen LogP contribution in [0.1, 0.15) is 97.8 Å². The van der Waals surface area contributed by atoms with Crippen molar-refractivity contribution in [2.75, 3.05) is 0 Å². The number of unbranched alkanes of at least 4 members (excludes halogenated alkanes) is 11. The third-order valence-corrected chi connectivity index (χ3v) is 2.96. The minimum absolute atomic E-state index is 0.667. The van der Waals surface area contributed by atoms with Crippen molar-refractivity contribution in [1.82, 2.24) is 0 Å². The maximum absolute atomic E-state index is 8.74. The van der Waals surface area contributed by atoms with Crippen LogP contribution in [0.3, 0.4) is 0 Å². The molecule has 7 heteroatoms. The lowest BCUT2D eigenvalue weighted by Gasteiger charge is -2.01. The summed E-state index contributed by atoms with van der Waals surface area (Å²) >= 11 is 0. The maximum Gasteiger partial charge on any atom is 0.394 e. The Morgan fingerprint density at radius 2 is 0.870 bits per heavy atom. The number of aliphatic hydroxyl groups is 1. The summed E-state index contributed by atoms with van der Waals surface area (Å²) in [7, 11) is -4.67. The molecule has 0 fully saturated rings. The van der Waals surface area contributed by atoms with Crippen molar-refractivity contribution < 1.29 is 22.6 Å².